The number of aryl methyl sites for hydroxylation is 2. The highest BCUT2D eigenvalue weighted by Crippen LogP contribution is 2.28. The fraction of sp³-hybridized carbons (Fsp3) is 0.364. The fourth-order valence-corrected chi connectivity index (χ4v) is 6.25. The van der Waals surface area contributed by atoms with E-state index >= 15 is 0 Å². The topological polar surface area (TPSA) is 115 Å². The maximum atomic E-state index is 12.9. The highest BCUT2D eigenvalue weighted by Gasteiger charge is 2.28. The molecule has 0 spiro atoms. The van der Waals surface area contributed by atoms with Crippen LogP contribution in [-0.4, -0.2) is 59.1 Å². The van der Waals surface area contributed by atoms with Crippen molar-refractivity contribution in [3.63, 3.8) is 0 Å². The minimum Gasteiger partial charge on any atom is -0.497 e. The number of aldehydes is 1. The molecule has 46 heavy (non-hydrogen) atoms. The summed E-state index contributed by atoms with van der Waals surface area (Å²) in [6.45, 7) is 3.65. The Hall–Kier alpha value is -4.39. The van der Waals surface area contributed by atoms with Gasteiger partial charge in [-0.25, -0.2) is 8.42 Å². The summed E-state index contributed by atoms with van der Waals surface area (Å²) in [4.78, 5) is 30.8. The fourth-order valence-electron chi connectivity index (χ4n) is 5.14. The monoisotopic (exact) mass is 661 g/mol. The summed E-state index contributed by atoms with van der Waals surface area (Å²) in [5.74, 6) is -0.572. The number of anilines is 1. The number of ether oxygens (including phenoxy) is 2. The van der Waals surface area contributed by atoms with E-state index < -0.39 is 34.5 Å². The summed E-state index contributed by atoms with van der Waals surface area (Å²) in [5.41, 5.74) is 4.52. The van der Waals surface area contributed by atoms with Crippen LogP contribution >= 0.6 is 0 Å². The zero-order valence-electron chi connectivity index (χ0n) is 26.4. The standard InChI is InChI=1S/C33H38F3N3O6S/c1-22-15-25(20-46(42,43)38-32(41)16-26-9-6-7-11-31(26)44-5)12-13-30(22)39(4)17-27(19-45-21-33(34,35)36)29(18-40)23(2)28-10-8-14-37-24(28)3/h8-15,18-19H,6-7,16-17,20-21H2,1-5H3,(H,38,41)/b27-19+,29-23-. The molecule has 1 aromatic carbocycles. The first kappa shape index (κ1) is 36.1. The van der Waals surface area contributed by atoms with E-state index in [2.05, 4.69) is 9.71 Å². The number of pyridine rings is 1. The van der Waals surface area contributed by atoms with Gasteiger partial charge in [0, 0.05) is 42.3 Å². The average Bonchev–Trinajstić information content (AvgIpc) is 2.96. The van der Waals surface area contributed by atoms with E-state index in [0.717, 1.165) is 19.1 Å². The maximum Gasteiger partial charge on any atom is 0.422 e. The zero-order valence-corrected chi connectivity index (χ0v) is 27.2. The Morgan fingerprint density at radius 3 is 2.50 bits per heavy atom. The van der Waals surface area contributed by atoms with E-state index in [-0.39, 0.29) is 24.1 Å². The first-order valence-electron chi connectivity index (χ1n) is 14.4. The number of rotatable bonds is 14. The number of carbonyl (C=O) groups is 2. The number of alkyl halides is 3. The maximum absolute atomic E-state index is 12.9. The van der Waals surface area contributed by atoms with E-state index in [4.69, 9.17) is 9.47 Å². The predicted molar refractivity (Wildman–Crippen MR) is 170 cm³/mol. The van der Waals surface area contributed by atoms with Crippen LogP contribution in [0.1, 0.15) is 48.6 Å². The summed E-state index contributed by atoms with van der Waals surface area (Å²) in [7, 11) is -0.845. The molecule has 9 nitrogen and oxygen atoms in total. The number of carbonyl (C=O) groups excluding carboxylic acids is 2. The second-order valence-electron chi connectivity index (χ2n) is 10.9. The van der Waals surface area contributed by atoms with Crippen LogP contribution in [-0.2, 0) is 34.8 Å². The van der Waals surface area contributed by atoms with Gasteiger partial charge in [0.2, 0.25) is 15.9 Å². The molecule has 0 aliphatic heterocycles. The molecule has 0 atom stereocenters. The third kappa shape index (κ3) is 10.3. The van der Waals surface area contributed by atoms with Gasteiger partial charge >= 0.3 is 6.18 Å². The van der Waals surface area contributed by atoms with Crippen LogP contribution < -0.4 is 9.62 Å². The number of nitrogens with zero attached hydrogens (tertiary/aromatic N) is 2. The highest BCUT2D eigenvalue weighted by atomic mass is 32.2. The lowest BCUT2D eigenvalue weighted by Gasteiger charge is -2.24. The van der Waals surface area contributed by atoms with Crippen molar-refractivity contribution in [2.75, 3.05) is 32.2 Å². The molecule has 0 fully saturated rings. The lowest BCUT2D eigenvalue weighted by Crippen LogP contribution is -2.32. The van der Waals surface area contributed by atoms with Crippen LogP contribution in [0.15, 0.2) is 77.4 Å². The molecule has 13 heteroatoms. The molecule has 0 unspecified atom stereocenters. The van der Waals surface area contributed by atoms with Crippen molar-refractivity contribution >= 4 is 33.5 Å². The molecule has 0 bridgehead atoms. The zero-order chi connectivity index (χ0) is 34.1. The largest absolute Gasteiger partial charge is 0.497 e. The van der Waals surface area contributed by atoms with Gasteiger partial charge in [-0.05, 0) is 79.7 Å². The lowest BCUT2D eigenvalue weighted by atomic mass is 9.96. The van der Waals surface area contributed by atoms with Crippen molar-refractivity contribution in [2.45, 2.75) is 52.0 Å². The van der Waals surface area contributed by atoms with Gasteiger partial charge in [-0.2, -0.15) is 13.2 Å². The number of aromatic nitrogens is 1. The van der Waals surface area contributed by atoms with Crippen LogP contribution in [0.4, 0.5) is 18.9 Å². The van der Waals surface area contributed by atoms with Crippen molar-refractivity contribution in [3.8, 4) is 0 Å². The van der Waals surface area contributed by atoms with Gasteiger partial charge in [-0.1, -0.05) is 24.3 Å². The van der Waals surface area contributed by atoms with Gasteiger partial charge in [-0.15, -0.1) is 0 Å². The summed E-state index contributed by atoms with van der Waals surface area (Å²) in [6.07, 6.45) is 3.61. The molecule has 3 rings (SSSR count). The Morgan fingerprint density at radius 2 is 1.87 bits per heavy atom. The summed E-state index contributed by atoms with van der Waals surface area (Å²) >= 11 is 0. The Labute approximate surface area is 267 Å². The minimum absolute atomic E-state index is 0.00904. The number of methoxy groups -OCH3 is 1. The van der Waals surface area contributed by atoms with E-state index in [1.165, 1.54) is 7.11 Å². The Balaban J connectivity index is 1.80. The van der Waals surface area contributed by atoms with Crippen LogP contribution in [0.25, 0.3) is 5.57 Å². The summed E-state index contributed by atoms with van der Waals surface area (Å²) < 4.78 is 76.5. The molecule has 0 saturated heterocycles. The van der Waals surface area contributed by atoms with Crippen molar-refractivity contribution in [1.29, 1.82) is 0 Å². The van der Waals surface area contributed by atoms with Crippen molar-refractivity contribution in [2.24, 2.45) is 0 Å². The van der Waals surface area contributed by atoms with E-state index in [9.17, 15) is 31.2 Å². The third-order valence-electron chi connectivity index (χ3n) is 7.23. The number of amides is 1. The summed E-state index contributed by atoms with van der Waals surface area (Å²) in [6, 6.07) is 8.36. The highest BCUT2D eigenvalue weighted by molar-refractivity contribution is 7.89. The molecule has 0 saturated carbocycles. The Bertz CT molecular complexity index is 1680. The number of hydrogen-bond donors (Lipinski definition) is 1. The molecular formula is C33H38F3N3O6S. The van der Waals surface area contributed by atoms with Crippen LogP contribution in [0.2, 0.25) is 0 Å². The second kappa shape index (κ2) is 15.7. The SMILES string of the molecule is COC1=CCCC=C1CC(=O)NS(=O)(=O)Cc1ccc(N(C)CC(=C\OCC(F)(F)F)/C(C=O)=C(/C)c2cccnc2C)c(C)c1. The van der Waals surface area contributed by atoms with Gasteiger partial charge < -0.3 is 14.4 Å². The first-order valence-corrected chi connectivity index (χ1v) is 16.0. The van der Waals surface area contributed by atoms with Crippen molar-refractivity contribution < 1.29 is 40.7 Å². The number of sulfonamides is 1. The molecule has 248 valence electrons. The number of halogens is 3. The lowest BCUT2D eigenvalue weighted by molar-refractivity contribution is -0.161. The molecule has 1 N–H and O–H groups in total. The Kier molecular flexibility index (Phi) is 12.4. The molecule has 1 aliphatic rings. The van der Waals surface area contributed by atoms with Gasteiger partial charge in [0.25, 0.3) is 0 Å². The average molecular weight is 662 g/mol. The van der Waals surface area contributed by atoms with E-state index in [0.29, 0.717) is 51.3 Å². The number of benzene rings is 1. The van der Waals surface area contributed by atoms with Crippen LogP contribution in [0.5, 0.6) is 0 Å². The molecule has 1 amide bonds. The molecule has 1 heterocycles. The van der Waals surface area contributed by atoms with E-state index in [1.807, 2.05) is 12.2 Å². The molecule has 1 aliphatic carbocycles. The number of nitrogens with one attached hydrogen (secondary N) is 1. The molecule has 2 aromatic rings. The normalized spacial score (nSPS) is 14.5. The molecule has 0 radical (unpaired) electrons. The van der Waals surface area contributed by atoms with Crippen LogP contribution in [0.3, 0.4) is 0 Å². The van der Waals surface area contributed by atoms with Crippen molar-refractivity contribution in [1.82, 2.24) is 9.71 Å². The number of allylic oxidation sites excluding steroid dienone is 4. The smallest absolute Gasteiger partial charge is 0.422 e. The number of hydrogen-bond acceptors (Lipinski definition) is 8. The van der Waals surface area contributed by atoms with Gasteiger partial charge in [0.1, 0.15) is 5.76 Å². The summed E-state index contributed by atoms with van der Waals surface area (Å²) in [5, 5.41) is 0. The molecule has 1 aromatic heterocycles. The van der Waals surface area contributed by atoms with Gasteiger partial charge in [-0.3, -0.25) is 19.3 Å². The van der Waals surface area contributed by atoms with Gasteiger partial charge in [0.15, 0.2) is 12.9 Å². The van der Waals surface area contributed by atoms with Gasteiger partial charge in [0.05, 0.1) is 25.5 Å². The quantitative estimate of drug-likeness (QED) is 0.116. The second-order valence-corrected chi connectivity index (χ2v) is 12.6. The minimum atomic E-state index is -4.57. The predicted octanol–water partition coefficient (Wildman–Crippen LogP) is 5.86. The Morgan fingerprint density at radius 1 is 1.15 bits per heavy atom. The third-order valence-corrected chi connectivity index (χ3v) is 8.48. The van der Waals surface area contributed by atoms with Crippen molar-refractivity contribution in [3.05, 3.63) is 99.8 Å². The first-order chi connectivity index (χ1) is 21.6. The number of likely N-dealkylation sites (N-methyl/N-ethyl adjacent to an activating group) is 1. The van der Waals surface area contributed by atoms with Crippen LogP contribution in [0, 0.1) is 13.8 Å². The van der Waals surface area contributed by atoms with E-state index in [1.54, 1.807) is 69.2 Å². The molecular weight excluding hydrogens is 623 g/mol.